The number of fused-ring (bicyclic) bond motifs is 24. The van der Waals surface area contributed by atoms with Crippen LogP contribution in [-0.4, -0.2) is 68.1 Å². The van der Waals surface area contributed by atoms with Crippen LogP contribution in [0.2, 0.25) is 0 Å². The van der Waals surface area contributed by atoms with Crippen molar-refractivity contribution in [3.8, 4) is 23.0 Å². The van der Waals surface area contributed by atoms with E-state index >= 15 is 28.8 Å². The second-order valence-electron chi connectivity index (χ2n) is 27.3. The molecule has 6 unspecified atom stereocenters. The maximum Gasteiger partial charge on any atom is 0.266 e. The molecule has 15 nitrogen and oxygen atoms in total. The van der Waals surface area contributed by atoms with Crippen molar-refractivity contribution in [3.63, 3.8) is 0 Å². The zero-order valence-electron chi connectivity index (χ0n) is 56.9. The van der Waals surface area contributed by atoms with Crippen molar-refractivity contribution in [3.05, 3.63) is 286 Å². The minimum Gasteiger partial charge on any atom is -0.457 e. The van der Waals surface area contributed by atoms with E-state index in [0.717, 1.165) is 53.4 Å². The minimum atomic E-state index is -3.19. The summed E-state index contributed by atoms with van der Waals surface area (Å²) in [7, 11) is -6.38. The first-order valence-electron chi connectivity index (χ1n) is 34.0. The third-order valence-corrected chi connectivity index (χ3v) is 30.0. The van der Waals surface area contributed by atoms with Crippen LogP contribution in [0.4, 0.5) is 11.4 Å². The monoisotopic (exact) mass is 1370 g/mol. The van der Waals surface area contributed by atoms with Crippen molar-refractivity contribution < 1.29 is 51.5 Å². The number of rotatable bonds is 6. The van der Waals surface area contributed by atoms with Crippen LogP contribution in [0, 0.1) is 0 Å². The summed E-state index contributed by atoms with van der Waals surface area (Å²) >= 11 is 0. The van der Waals surface area contributed by atoms with Gasteiger partial charge in [-0.15, -0.1) is 0 Å². The highest BCUT2D eigenvalue weighted by molar-refractivity contribution is 8.42. The number of nitrogens with zero attached hydrogens (tertiary/aromatic N) is 4. The fraction of sp³-hybridized carbons (Fsp3) is 0.190. The van der Waals surface area contributed by atoms with Gasteiger partial charge in [-0.1, -0.05) is 114 Å². The standard InChI is InChI=1S/C84H70N4O11S2/c1-9-81(5)51-23-19-31-61(43-51)100(59-27-15-13-16-28-59)63-33-21-25-53(45-63)85-73(89)65-39-35-55(47-69(65)75(85)91)97-57-37-41-67-71(49-57)79(95)87(77(67)93)83(7,11-3)84(8,12-4)88-78(94)68-42-38-58(50-72(68)80(88)96)98-56-36-40-66-70(48-56)76(92)86(74(66)90)54-26-22-34-64(46-54)101(99-100,60-29-17-14-18-30-60)62-32-20-24-52(44-62)82(81,6)10-2/h13-50H,9-12H2,1-8H3. The van der Waals surface area contributed by atoms with Gasteiger partial charge in [0.1, 0.15) is 23.0 Å². The van der Waals surface area contributed by atoms with Gasteiger partial charge in [-0.2, -0.15) is 0 Å². The Morgan fingerprint density at radius 2 is 0.574 bits per heavy atom. The van der Waals surface area contributed by atoms with E-state index in [4.69, 9.17) is 13.1 Å². The number of hydrogen-bond acceptors (Lipinski definition) is 11. The second kappa shape index (κ2) is 23.3. The topological polar surface area (TPSA) is 177 Å². The van der Waals surface area contributed by atoms with Crippen LogP contribution in [0.15, 0.2) is 260 Å². The molecule has 101 heavy (non-hydrogen) atoms. The van der Waals surface area contributed by atoms with Gasteiger partial charge in [0.25, 0.3) is 47.3 Å². The highest BCUT2D eigenvalue weighted by Crippen LogP contribution is 2.83. The van der Waals surface area contributed by atoms with Gasteiger partial charge in [-0.3, -0.25) is 51.8 Å². The molecule has 6 atom stereocenters. The molecule has 0 radical (unpaired) electrons. The fourth-order valence-electron chi connectivity index (χ4n) is 16.2. The predicted molar refractivity (Wildman–Crippen MR) is 386 cm³/mol. The van der Waals surface area contributed by atoms with Gasteiger partial charge in [0.05, 0.1) is 67.0 Å². The molecule has 6 heterocycles. The summed E-state index contributed by atoms with van der Waals surface area (Å²) in [6.07, 6.45) is 1.79. The Kier molecular flexibility index (Phi) is 14.9. The molecule has 10 aromatic rings. The van der Waals surface area contributed by atoms with Crippen LogP contribution >= 0.6 is 20.6 Å². The van der Waals surface area contributed by atoms with Gasteiger partial charge in [-0.05, 0) is 229 Å². The largest absolute Gasteiger partial charge is 0.457 e. The SMILES string of the molecule is CCC1(C)c2cccc(c2)S2(c3ccccc3)OS(c3ccccc3)(c3cccc(c3)N3C(=O)c4ccc(cc4C3=O)Oc3ccc4c(c3)C(=O)N(C4=O)C(C)(CC)C(C)(CC)N3C(=O)c4ccc(cc4C3=O)Oc3ccc4c(c3)C(=O)N(C4=O)c3cccc2c3)c2cccc(c2)C1(C)CC. The summed E-state index contributed by atoms with van der Waals surface area (Å²) in [6.45, 7) is 16.2. The minimum absolute atomic E-state index is 0.0283. The number of hydrogen-bond donors (Lipinski definition) is 0. The van der Waals surface area contributed by atoms with Crippen LogP contribution in [0.25, 0.3) is 0 Å². The average molecular weight is 1380 g/mol. The molecule has 8 amide bonds. The zero-order chi connectivity index (χ0) is 70.4. The van der Waals surface area contributed by atoms with E-state index in [1.807, 2.05) is 72.8 Å². The molecule has 6 aliphatic heterocycles. The van der Waals surface area contributed by atoms with Crippen LogP contribution in [0.1, 0.15) is 175 Å². The van der Waals surface area contributed by atoms with Crippen molar-refractivity contribution in [2.75, 3.05) is 9.80 Å². The number of ether oxygens (including phenoxy) is 2. The summed E-state index contributed by atoms with van der Waals surface area (Å²) in [4.78, 5) is 130. The van der Waals surface area contributed by atoms with Crippen molar-refractivity contribution >= 4 is 79.3 Å². The fourth-order valence-corrected chi connectivity index (χ4v) is 24.3. The second-order valence-corrected chi connectivity index (χ2v) is 32.9. The normalized spacial score (nSPS) is 25.3. The third kappa shape index (κ3) is 9.04. The average Bonchev–Trinajstić information content (AvgIpc) is 1.52. The van der Waals surface area contributed by atoms with Gasteiger partial charge in [0, 0.05) is 40.2 Å². The third-order valence-electron chi connectivity index (χ3n) is 22.8. The maximum atomic E-state index is 15.4. The first-order valence-corrected chi connectivity index (χ1v) is 37.1. The Balaban J connectivity index is 0.929. The van der Waals surface area contributed by atoms with Gasteiger partial charge in [0.2, 0.25) is 0 Å². The first-order chi connectivity index (χ1) is 48.6. The Morgan fingerprint density at radius 1 is 0.287 bits per heavy atom. The van der Waals surface area contributed by atoms with E-state index < -0.39 is 89.8 Å². The van der Waals surface area contributed by atoms with Crippen LogP contribution in [-0.2, 0) is 14.5 Å². The molecule has 16 rings (SSSR count). The predicted octanol–water partition coefficient (Wildman–Crippen LogP) is 18.9. The first kappa shape index (κ1) is 64.7. The molecular formula is C84H70N4O11S2. The van der Waals surface area contributed by atoms with Crippen molar-refractivity contribution in [1.29, 1.82) is 0 Å². The highest BCUT2D eigenvalue weighted by Gasteiger charge is 2.61. The van der Waals surface area contributed by atoms with Crippen molar-refractivity contribution in [1.82, 2.24) is 9.80 Å². The van der Waals surface area contributed by atoms with E-state index in [-0.39, 0.29) is 91.7 Å². The van der Waals surface area contributed by atoms with Gasteiger partial charge < -0.3 is 9.47 Å². The Bertz CT molecular complexity index is 4990. The summed E-state index contributed by atoms with van der Waals surface area (Å²) in [5.41, 5.74) is -0.592. The van der Waals surface area contributed by atoms with Crippen molar-refractivity contribution in [2.45, 2.75) is 132 Å². The lowest BCUT2D eigenvalue weighted by Crippen LogP contribution is -2.70. The van der Waals surface area contributed by atoms with Crippen LogP contribution in [0.3, 0.4) is 0 Å². The Hall–Kier alpha value is -11.0. The van der Waals surface area contributed by atoms with Crippen LogP contribution < -0.4 is 19.3 Å². The van der Waals surface area contributed by atoms with Gasteiger partial charge in [0.15, 0.2) is 0 Å². The number of anilines is 2. The lowest BCUT2D eigenvalue weighted by atomic mass is 9.56. The van der Waals surface area contributed by atoms with E-state index in [1.54, 1.807) is 76.2 Å². The quantitative estimate of drug-likeness (QED) is 0.145. The molecular weight excluding hydrogens is 1310 g/mol. The smallest absolute Gasteiger partial charge is 0.266 e. The van der Waals surface area contributed by atoms with E-state index in [1.165, 1.54) is 46.2 Å². The molecule has 0 saturated carbocycles. The Labute approximate surface area is 588 Å². The van der Waals surface area contributed by atoms with E-state index in [0.29, 0.717) is 9.79 Å². The zero-order valence-corrected chi connectivity index (χ0v) is 58.5. The molecule has 0 N–H and O–H groups in total. The van der Waals surface area contributed by atoms with Crippen LogP contribution in [0.5, 0.6) is 23.0 Å². The van der Waals surface area contributed by atoms with Crippen molar-refractivity contribution in [2.24, 2.45) is 0 Å². The number of carbonyl (C=O) groups is 8. The molecule has 0 aromatic heterocycles. The molecule has 6 aliphatic rings. The molecule has 22 bridgehead atoms. The summed E-state index contributed by atoms with van der Waals surface area (Å²) in [5, 5.41) is 0. The number of carbonyl (C=O) groups excluding carboxylic acids is 8. The highest BCUT2D eigenvalue weighted by atomic mass is 32.3. The summed E-state index contributed by atoms with van der Waals surface area (Å²) in [5.74, 6) is -4.27. The lowest BCUT2D eigenvalue weighted by Gasteiger charge is -2.53. The molecule has 10 aromatic carbocycles. The molecule has 0 fully saturated rings. The summed E-state index contributed by atoms with van der Waals surface area (Å²) in [6, 6.07) is 70.7. The number of benzene rings is 10. The molecule has 0 aliphatic carbocycles. The molecule has 504 valence electrons. The van der Waals surface area contributed by atoms with E-state index in [2.05, 4.69) is 100 Å². The molecule has 17 heteroatoms. The van der Waals surface area contributed by atoms with E-state index in [9.17, 15) is 9.59 Å². The maximum absolute atomic E-state index is 15.4. The summed E-state index contributed by atoms with van der Waals surface area (Å²) < 4.78 is 21.8. The van der Waals surface area contributed by atoms with Gasteiger partial charge in [-0.25, -0.2) is 9.80 Å². The lowest BCUT2D eigenvalue weighted by molar-refractivity contribution is -0.0209. The molecule has 0 saturated heterocycles. The van der Waals surface area contributed by atoms with Gasteiger partial charge >= 0.3 is 0 Å². The number of amides is 8. The number of imide groups is 4. The molecule has 0 spiro atoms. The Morgan fingerprint density at radius 3 is 0.911 bits per heavy atom.